The average molecular weight is 795 g/mol. The van der Waals surface area contributed by atoms with Crippen molar-refractivity contribution in [2.75, 3.05) is 35.2 Å². The lowest BCUT2D eigenvalue weighted by molar-refractivity contribution is -0.136. The van der Waals surface area contributed by atoms with Crippen molar-refractivity contribution in [3.05, 3.63) is 89.0 Å². The molecule has 1 saturated heterocycles. The minimum Gasteiger partial charge on any atom is -0.495 e. The highest BCUT2D eigenvalue weighted by Gasteiger charge is 2.45. The molecule has 0 aromatic heterocycles. The molecular formula is C41H42N6O9S. The van der Waals surface area contributed by atoms with Crippen LogP contribution in [0, 0.1) is 0 Å². The first kappa shape index (κ1) is 39.0. The molecular weight excluding hydrogens is 753 g/mol. The number of anilines is 4. The highest BCUT2D eigenvalue weighted by Crippen LogP contribution is 2.45. The largest absolute Gasteiger partial charge is 0.495 e. The molecule has 6 amide bonds. The number of para-hydroxylation sites is 2. The number of fused-ring (bicyclic) bond motifs is 1. The van der Waals surface area contributed by atoms with Crippen molar-refractivity contribution in [1.82, 2.24) is 15.5 Å². The van der Waals surface area contributed by atoms with Gasteiger partial charge in [-0.15, -0.1) is 0 Å². The number of amides is 6. The predicted molar refractivity (Wildman–Crippen MR) is 214 cm³/mol. The van der Waals surface area contributed by atoms with Crippen LogP contribution in [0.3, 0.4) is 0 Å². The minimum absolute atomic E-state index is 0.0249. The maximum absolute atomic E-state index is 13.6. The van der Waals surface area contributed by atoms with Gasteiger partial charge in [-0.25, -0.2) is 12.7 Å². The fourth-order valence-corrected chi connectivity index (χ4v) is 8.60. The van der Waals surface area contributed by atoms with Crippen LogP contribution in [0.5, 0.6) is 5.75 Å². The lowest BCUT2D eigenvalue weighted by Gasteiger charge is -2.28. The van der Waals surface area contributed by atoms with Gasteiger partial charge in [0.2, 0.25) is 28.6 Å². The molecule has 3 heterocycles. The van der Waals surface area contributed by atoms with Crippen LogP contribution in [0.4, 0.5) is 22.7 Å². The molecule has 0 saturated carbocycles. The summed E-state index contributed by atoms with van der Waals surface area (Å²) in [5.41, 5.74) is 3.21. The summed E-state index contributed by atoms with van der Waals surface area (Å²) in [5.74, 6) is -2.42. The topological polar surface area (TPSA) is 192 Å². The molecule has 0 radical (unpaired) electrons. The fourth-order valence-electron chi connectivity index (χ4n) is 7.91. The van der Waals surface area contributed by atoms with Crippen LogP contribution in [0.2, 0.25) is 0 Å². The number of nitrogens with one attached hydrogen (secondary N) is 3. The summed E-state index contributed by atoms with van der Waals surface area (Å²) >= 11 is 0. The molecule has 57 heavy (non-hydrogen) atoms. The number of thiol groups is 1. The third-order valence-corrected chi connectivity index (χ3v) is 11.4. The van der Waals surface area contributed by atoms with Crippen LogP contribution in [0.15, 0.2) is 66.7 Å². The van der Waals surface area contributed by atoms with Gasteiger partial charge < -0.3 is 20.3 Å². The first-order valence-electron chi connectivity index (χ1n) is 18.8. The average Bonchev–Trinajstić information content (AvgIpc) is 3.59. The first-order chi connectivity index (χ1) is 27.4. The van der Waals surface area contributed by atoms with Crippen molar-refractivity contribution in [3.8, 4) is 5.75 Å². The molecule has 1 unspecified atom stereocenters. The van der Waals surface area contributed by atoms with E-state index < -0.39 is 40.6 Å². The van der Waals surface area contributed by atoms with Crippen LogP contribution in [-0.2, 0) is 31.7 Å². The molecule has 296 valence electrons. The molecule has 4 aromatic carbocycles. The van der Waals surface area contributed by atoms with Crippen LogP contribution >= 0.6 is 0 Å². The number of carbonyl (C=O) groups is 6. The van der Waals surface area contributed by atoms with Crippen molar-refractivity contribution in [2.24, 2.45) is 0 Å². The smallest absolute Gasteiger partial charge is 0.264 e. The van der Waals surface area contributed by atoms with Crippen LogP contribution in [0.1, 0.15) is 82.1 Å². The molecule has 3 aliphatic rings. The fraction of sp³-hybridized carbons (Fsp3) is 0.317. The second-order valence-corrected chi connectivity index (χ2v) is 15.1. The zero-order valence-electron chi connectivity index (χ0n) is 31.6. The minimum atomic E-state index is -3.18. The van der Waals surface area contributed by atoms with E-state index in [2.05, 4.69) is 16.0 Å². The molecule has 1 fully saturated rings. The van der Waals surface area contributed by atoms with Gasteiger partial charge in [0, 0.05) is 48.9 Å². The van der Waals surface area contributed by atoms with Crippen molar-refractivity contribution < 1.29 is 41.9 Å². The molecule has 7 rings (SSSR count). The second-order valence-electron chi connectivity index (χ2n) is 14.2. The number of imide groups is 2. The van der Waals surface area contributed by atoms with Gasteiger partial charge in [-0.2, -0.15) is 0 Å². The summed E-state index contributed by atoms with van der Waals surface area (Å²) in [6.45, 7) is 2.32. The van der Waals surface area contributed by atoms with E-state index in [1.807, 2.05) is 13.0 Å². The number of ether oxygens (including phenoxy) is 1. The van der Waals surface area contributed by atoms with Gasteiger partial charge in [-0.05, 0) is 79.8 Å². The van der Waals surface area contributed by atoms with Gasteiger partial charge in [0.25, 0.3) is 17.7 Å². The molecule has 16 heteroatoms. The number of hydrogen-bond acceptors (Lipinski definition) is 10. The van der Waals surface area contributed by atoms with Crippen LogP contribution < -0.4 is 29.9 Å². The Labute approximate surface area is 330 Å². The Morgan fingerprint density at radius 3 is 2.47 bits per heavy atom. The number of carbonyl (C=O) groups excluding carboxylic acids is 6. The first-order valence-corrected chi connectivity index (χ1v) is 19.9. The third kappa shape index (κ3) is 7.28. The number of hydrogen-bond donors (Lipinski definition) is 4. The van der Waals surface area contributed by atoms with Crippen molar-refractivity contribution in [1.29, 1.82) is 0 Å². The molecule has 3 aliphatic heterocycles. The third-order valence-electron chi connectivity index (χ3n) is 10.7. The molecule has 0 spiro atoms. The Bertz CT molecular complexity index is 2420. The number of piperidine rings is 1. The van der Waals surface area contributed by atoms with E-state index in [9.17, 15) is 37.2 Å². The zero-order valence-corrected chi connectivity index (χ0v) is 32.5. The maximum Gasteiger partial charge on any atom is 0.264 e. The van der Waals surface area contributed by atoms with E-state index in [4.69, 9.17) is 4.74 Å². The molecule has 15 nitrogen and oxygen atoms in total. The van der Waals surface area contributed by atoms with E-state index in [0.29, 0.717) is 69.8 Å². The van der Waals surface area contributed by atoms with E-state index >= 15 is 0 Å². The zero-order chi connectivity index (χ0) is 40.5. The number of nitrogens with zero attached hydrogens (tertiary/aromatic N) is 3. The summed E-state index contributed by atoms with van der Waals surface area (Å²) in [4.78, 5) is 80.2. The Morgan fingerprint density at radius 1 is 0.947 bits per heavy atom. The molecule has 3 N–H and O–H groups in total. The maximum atomic E-state index is 13.6. The number of aryl methyl sites for hydroxylation is 1. The Morgan fingerprint density at radius 2 is 1.74 bits per heavy atom. The lowest BCUT2D eigenvalue weighted by Crippen LogP contribution is -2.54. The molecule has 0 bridgehead atoms. The molecule has 2 atom stereocenters. The van der Waals surface area contributed by atoms with E-state index in [1.54, 1.807) is 67.7 Å². The normalized spacial score (nSPS) is 16.6. The van der Waals surface area contributed by atoms with Crippen molar-refractivity contribution >= 4 is 79.9 Å². The Kier molecular flexibility index (Phi) is 11.0. The summed E-state index contributed by atoms with van der Waals surface area (Å²) in [7, 11) is -0.0591. The van der Waals surface area contributed by atoms with Gasteiger partial charge in [0.1, 0.15) is 11.8 Å². The van der Waals surface area contributed by atoms with Gasteiger partial charge in [0.05, 0.1) is 40.9 Å². The van der Waals surface area contributed by atoms with Crippen LogP contribution in [0.25, 0.3) is 10.8 Å². The summed E-state index contributed by atoms with van der Waals surface area (Å²) in [6, 6.07) is 17.4. The standard InChI is InChI=1S/C41H42N6O9S/c1-4-8-24(43-28-10-7-9-25-37(28)41(53)46(40(25)52)32-16-18-35(49)44-38(32)50)19-20-42-34(48)17-13-23-21-26-29(14-15-31-36(26)27(22-23)39(51)45(31)2)47(57(54)55)30-11-5-6-12-33(30)56-3/h5-7,9-12,14-15,21-22,24,32,43,57H,4,8,13,16-20H2,1-3H3,(H,42,48)(H,44,49,50)/t24?,32-/m1/s1. The highest BCUT2D eigenvalue weighted by atomic mass is 32.2. The summed E-state index contributed by atoms with van der Waals surface area (Å²) in [6.07, 6.45) is 2.46. The van der Waals surface area contributed by atoms with Gasteiger partial charge in [-0.3, -0.25) is 39.0 Å². The predicted octanol–water partition coefficient (Wildman–Crippen LogP) is 4.22. The number of benzene rings is 4. The quantitative estimate of drug-likeness (QED) is 0.100. The SMILES string of the molecule is CCCC(CCNC(=O)CCc1cc2c3c(ccc(N(c4ccccc4OC)[SH](=O)=O)c3c1)N(C)C2=O)Nc1cccc2c1C(=O)N([C@@H]1CCC(=O)NC1=O)C2=O. The summed E-state index contributed by atoms with van der Waals surface area (Å²) in [5, 5.41) is 9.74. The van der Waals surface area contributed by atoms with Crippen molar-refractivity contribution in [3.63, 3.8) is 0 Å². The van der Waals surface area contributed by atoms with E-state index in [-0.39, 0.29) is 54.7 Å². The summed E-state index contributed by atoms with van der Waals surface area (Å²) < 4.78 is 32.3. The van der Waals surface area contributed by atoms with E-state index in [1.165, 1.54) is 16.3 Å². The number of rotatable bonds is 15. The Balaban J connectivity index is 1.04. The van der Waals surface area contributed by atoms with Crippen molar-refractivity contribution in [2.45, 2.75) is 64.0 Å². The molecule has 0 aliphatic carbocycles. The van der Waals surface area contributed by atoms with Gasteiger partial charge >= 0.3 is 0 Å². The van der Waals surface area contributed by atoms with E-state index in [0.717, 1.165) is 11.3 Å². The number of methoxy groups -OCH3 is 1. The van der Waals surface area contributed by atoms with Crippen LogP contribution in [-0.4, -0.2) is 81.5 Å². The lowest BCUT2D eigenvalue weighted by atomic mass is 9.97. The Hall–Kier alpha value is -6.29. The molecule has 4 aromatic rings. The van der Waals surface area contributed by atoms with Gasteiger partial charge in [-0.1, -0.05) is 31.5 Å². The monoisotopic (exact) mass is 794 g/mol. The highest BCUT2D eigenvalue weighted by molar-refractivity contribution is 7.74. The van der Waals surface area contributed by atoms with Gasteiger partial charge in [0.15, 0.2) is 0 Å². The second kappa shape index (κ2) is 16.1.